The summed E-state index contributed by atoms with van der Waals surface area (Å²) in [4.78, 5) is 15.9. The number of carbonyl (C=O) groups is 1. The van der Waals surface area contributed by atoms with Gasteiger partial charge in [-0.1, -0.05) is 18.6 Å². The van der Waals surface area contributed by atoms with Crippen LogP contribution in [0.2, 0.25) is 0 Å². The molecule has 2 N–H and O–H groups in total. The second-order valence-corrected chi connectivity index (χ2v) is 5.41. The molecule has 5 heteroatoms. The molecule has 0 saturated heterocycles. The van der Waals surface area contributed by atoms with Crippen LogP contribution in [0.3, 0.4) is 0 Å². The predicted molar refractivity (Wildman–Crippen MR) is 77.6 cm³/mol. The van der Waals surface area contributed by atoms with Gasteiger partial charge in [0.1, 0.15) is 0 Å². The van der Waals surface area contributed by atoms with E-state index < -0.39 is 0 Å². The van der Waals surface area contributed by atoms with E-state index in [9.17, 15) is 9.90 Å². The Labute approximate surface area is 123 Å². The first-order valence-electron chi connectivity index (χ1n) is 7.19. The topological polar surface area (TPSA) is 75.4 Å². The van der Waals surface area contributed by atoms with Gasteiger partial charge in [-0.05, 0) is 25.0 Å². The molecule has 1 heterocycles. The number of aromatic nitrogens is 1. The van der Waals surface area contributed by atoms with E-state index in [0.29, 0.717) is 17.9 Å². The third kappa shape index (κ3) is 3.13. The number of hydrogen-bond donors (Lipinski definition) is 2. The molecule has 21 heavy (non-hydrogen) atoms. The monoisotopic (exact) mass is 286 g/mol. The summed E-state index contributed by atoms with van der Waals surface area (Å²) in [6, 6.07) is 7.19. The summed E-state index contributed by atoms with van der Waals surface area (Å²) >= 11 is 0. The second-order valence-electron chi connectivity index (χ2n) is 5.41. The first kappa shape index (κ1) is 13.8. The Kier molecular flexibility index (Phi) is 4.01. The summed E-state index contributed by atoms with van der Waals surface area (Å²) < 4.78 is 5.21. The van der Waals surface area contributed by atoms with Crippen molar-refractivity contribution in [3.8, 4) is 11.3 Å². The third-order valence-electron chi connectivity index (χ3n) is 4.01. The van der Waals surface area contributed by atoms with Crippen LogP contribution in [0.1, 0.15) is 29.6 Å². The lowest BCUT2D eigenvalue weighted by molar-refractivity contribution is 0.0917. The van der Waals surface area contributed by atoms with Crippen molar-refractivity contribution in [1.29, 1.82) is 0 Å². The number of amides is 1. The summed E-state index contributed by atoms with van der Waals surface area (Å²) in [6.07, 6.45) is 5.59. The van der Waals surface area contributed by atoms with E-state index in [1.165, 1.54) is 6.39 Å². The van der Waals surface area contributed by atoms with Crippen molar-refractivity contribution in [3.63, 3.8) is 0 Å². The molecule has 1 aliphatic carbocycles. The zero-order valence-corrected chi connectivity index (χ0v) is 11.7. The molecule has 1 aromatic carbocycles. The van der Waals surface area contributed by atoms with E-state index in [0.717, 1.165) is 24.8 Å². The Morgan fingerprint density at radius 3 is 2.76 bits per heavy atom. The smallest absolute Gasteiger partial charge is 0.251 e. The molecule has 1 amide bonds. The molecule has 3 rings (SSSR count). The zero-order valence-electron chi connectivity index (χ0n) is 11.7. The van der Waals surface area contributed by atoms with Crippen molar-refractivity contribution in [3.05, 3.63) is 42.4 Å². The molecule has 0 radical (unpaired) electrons. The number of carbonyl (C=O) groups excluding carboxylic acids is 1. The Morgan fingerprint density at radius 2 is 2.14 bits per heavy atom. The maximum absolute atomic E-state index is 12.1. The highest BCUT2D eigenvalue weighted by atomic mass is 16.3. The van der Waals surface area contributed by atoms with E-state index in [4.69, 9.17) is 4.42 Å². The van der Waals surface area contributed by atoms with Crippen molar-refractivity contribution in [2.24, 2.45) is 5.92 Å². The molecular formula is C16H18N2O3. The molecule has 1 aliphatic rings. The minimum absolute atomic E-state index is 0.113. The average molecular weight is 286 g/mol. The number of hydrogen-bond acceptors (Lipinski definition) is 4. The number of oxazole rings is 1. The van der Waals surface area contributed by atoms with Gasteiger partial charge in [-0.3, -0.25) is 4.79 Å². The molecule has 1 aromatic heterocycles. The Bertz CT molecular complexity index is 592. The van der Waals surface area contributed by atoms with Crippen LogP contribution in [-0.4, -0.2) is 28.6 Å². The van der Waals surface area contributed by atoms with Crippen molar-refractivity contribution in [2.75, 3.05) is 6.54 Å². The fourth-order valence-electron chi connectivity index (χ4n) is 2.73. The van der Waals surface area contributed by atoms with Gasteiger partial charge >= 0.3 is 0 Å². The SMILES string of the molecule is O=C(NCC1CCCC1O)c1ccc(-c2cnco2)cc1. The van der Waals surface area contributed by atoms with Crippen molar-refractivity contribution in [2.45, 2.75) is 25.4 Å². The molecule has 0 aliphatic heterocycles. The minimum Gasteiger partial charge on any atom is -0.444 e. The molecule has 2 unspecified atom stereocenters. The van der Waals surface area contributed by atoms with Crippen LogP contribution < -0.4 is 5.32 Å². The highest BCUT2D eigenvalue weighted by molar-refractivity contribution is 5.94. The lowest BCUT2D eigenvalue weighted by Crippen LogP contribution is -2.32. The zero-order chi connectivity index (χ0) is 14.7. The van der Waals surface area contributed by atoms with Crippen LogP contribution in [0.25, 0.3) is 11.3 Å². The number of rotatable bonds is 4. The van der Waals surface area contributed by atoms with Crippen LogP contribution in [0.15, 0.2) is 41.3 Å². The normalized spacial score (nSPS) is 21.4. The molecule has 2 aromatic rings. The van der Waals surface area contributed by atoms with E-state index in [2.05, 4.69) is 10.3 Å². The van der Waals surface area contributed by atoms with Crippen LogP contribution in [-0.2, 0) is 0 Å². The quantitative estimate of drug-likeness (QED) is 0.903. The second kappa shape index (κ2) is 6.10. The highest BCUT2D eigenvalue weighted by Gasteiger charge is 2.25. The van der Waals surface area contributed by atoms with Gasteiger partial charge in [0.15, 0.2) is 12.2 Å². The van der Waals surface area contributed by atoms with Gasteiger partial charge in [-0.15, -0.1) is 0 Å². The molecule has 1 saturated carbocycles. The van der Waals surface area contributed by atoms with E-state index in [-0.39, 0.29) is 17.9 Å². The molecule has 110 valence electrons. The number of nitrogens with one attached hydrogen (secondary N) is 1. The number of aliphatic hydroxyl groups is 1. The fraction of sp³-hybridized carbons (Fsp3) is 0.375. The number of nitrogens with zero attached hydrogens (tertiary/aromatic N) is 1. The molecule has 5 nitrogen and oxygen atoms in total. The van der Waals surface area contributed by atoms with Crippen molar-refractivity contribution < 1.29 is 14.3 Å². The van der Waals surface area contributed by atoms with Gasteiger partial charge in [0.2, 0.25) is 0 Å². The Balaban J connectivity index is 1.60. The van der Waals surface area contributed by atoms with Crippen molar-refractivity contribution >= 4 is 5.91 Å². The predicted octanol–water partition coefficient (Wildman–Crippen LogP) is 2.23. The van der Waals surface area contributed by atoms with Crippen molar-refractivity contribution in [1.82, 2.24) is 10.3 Å². The molecule has 2 atom stereocenters. The number of benzene rings is 1. The molecule has 1 fully saturated rings. The maximum atomic E-state index is 12.1. The first-order chi connectivity index (χ1) is 10.2. The summed E-state index contributed by atoms with van der Waals surface area (Å²) in [6.45, 7) is 0.532. The minimum atomic E-state index is -0.279. The van der Waals surface area contributed by atoms with Gasteiger partial charge in [0.05, 0.1) is 12.3 Å². The summed E-state index contributed by atoms with van der Waals surface area (Å²) in [5.41, 5.74) is 1.49. The van der Waals surface area contributed by atoms with Crippen LogP contribution >= 0.6 is 0 Å². The standard InChI is InChI=1S/C16H18N2O3/c19-14-3-1-2-13(14)8-18-16(20)12-6-4-11(5-7-12)15-9-17-10-21-15/h4-7,9-10,13-14,19H,1-3,8H2,(H,18,20). The molecular weight excluding hydrogens is 268 g/mol. The van der Waals surface area contributed by atoms with Gasteiger partial charge < -0.3 is 14.8 Å². The average Bonchev–Trinajstić information content (AvgIpc) is 3.17. The first-order valence-corrected chi connectivity index (χ1v) is 7.19. The highest BCUT2D eigenvalue weighted by Crippen LogP contribution is 2.24. The molecule has 0 bridgehead atoms. The van der Waals surface area contributed by atoms with Crippen LogP contribution in [0, 0.1) is 5.92 Å². The van der Waals surface area contributed by atoms with E-state index in [1.54, 1.807) is 18.3 Å². The van der Waals surface area contributed by atoms with Gasteiger partial charge in [0.25, 0.3) is 5.91 Å². The largest absolute Gasteiger partial charge is 0.444 e. The summed E-state index contributed by atoms with van der Waals surface area (Å²) in [5.74, 6) is 0.747. The lowest BCUT2D eigenvalue weighted by atomic mass is 10.1. The van der Waals surface area contributed by atoms with Crippen LogP contribution in [0.5, 0.6) is 0 Å². The fourth-order valence-corrected chi connectivity index (χ4v) is 2.73. The Hall–Kier alpha value is -2.14. The van der Waals surface area contributed by atoms with Crippen LogP contribution in [0.4, 0.5) is 0 Å². The summed E-state index contributed by atoms with van der Waals surface area (Å²) in [7, 11) is 0. The summed E-state index contributed by atoms with van der Waals surface area (Å²) in [5, 5.41) is 12.6. The molecule has 0 spiro atoms. The van der Waals surface area contributed by atoms with Gasteiger partial charge in [0, 0.05) is 23.6 Å². The van der Waals surface area contributed by atoms with E-state index >= 15 is 0 Å². The number of aliphatic hydroxyl groups excluding tert-OH is 1. The lowest BCUT2D eigenvalue weighted by Gasteiger charge is -2.15. The Morgan fingerprint density at radius 1 is 1.33 bits per heavy atom. The third-order valence-corrected chi connectivity index (χ3v) is 4.01. The van der Waals surface area contributed by atoms with Gasteiger partial charge in [-0.2, -0.15) is 0 Å². The van der Waals surface area contributed by atoms with Gasteiger partial charge in [-0.25, -0.2) is 4.98 Å². The maximum Gasteiger partial charge on any atom is 0.251 e. The van der Waals surface area contributed by atoms with E-state index in [1.807, 2.05) is 12.1 Å².